The third-order valence-corrected chi connectivity index (χ3v) is 13.1. The fourth-order valence-corrected chi connectivity index (χ4v) is 8.57. The minimum atomic E-state index is -3.97. The first kappa shape index (κ1) is 35.1. The van der Waals surface area contributed by atoms with Crippen molar-refractivity contribution in [3.63, 3.8) is 0 Å². The highest BCUT2D eigenvalue weighted by atomic mass is 32.2. The summed E-state index contributed by atoms with van der Waals surface area (Å²) in [5.74, 6) is -2.06. The zero-order valence-electron chi connectivity index (χ0n) is 28.4. The molecule has 7 atom stereocenters. The number of carbonyl (C=O) groups excluding carboxylic acids is 3. The lowest BCUT2D eigenvalue weighted by atomic mass is 9.85. The monoisotopic (exact) mass is 699 g/mol. The van der Waals surface area contributed by atoms with Gasteiger partial charge in [-0.25, -0.2) is 17.8 Å². The van der Waals surface area contributed by atoms with Crippen LogP contribution in [0.3, 0.4) is 0 Å². The minimum absolute atomic E-state index is 0.00358. The highest BCUT2D eigenvalue weighted by molar-refractivity contribution is 7.91. The first-order valence-corrected chi connectivity index (χ1v) is 18.6. The van der Waals surface area contributed by atoms with E-state index in [4.69, 9.17) is 15.2 Å². The molecule has 6 rings (SSSR count). The second-order valence-corrected chi connectivity index (χ2v) is 16.7. The molecule has 3 amide bonds. The Kier molecular flexibility index (Phi) is 9.42. The highest BCUT2D eigenvalue weighted by Gasteiger charge is 2.63. The maximum absolute atomic E-state index is 14.4. The summed E-state index contributed by atoms with van der Waals surface area (Å²) in [6, 6.07) is 2.20. The SMILES string of the molecule is CC[C@@H]1C[C@H](C)CCC=C[C@@H]2C[C@@]2(C(=O)NS(=O)(=O)C2(C)CC2)NC(=O)[C@@H]2C[C@@H](Oc3ncc(OC)c4ccc(F)cc34)CN2C(=O)[C@H]1N. The van der Waals surface area contributed by atoms with Crippen molar-refractivity contribution in [3.8, 4) is 11.6 Å². The number of carbonyl (C=O) groups is 3. The summed E-state index contributed by atoms with van der Waals surface area (Å²) in [5, 5.41) is 3.81. The van der Waals surface area contributed by atoms with Crippen molar-refractivity contribution in [2.24, 2.45) is 23.5 Å². The highest BCUT2D eigenvalue weighted by Crippen LogP contribution is 2.47. The Hall–Kier alpha value is -3.78. The number of nitrogens with zero attached hydrogens (tertiary/aromatic N) is 2. The molecule has 3 heterocycles. The van der Waals surface area contributed by atoms with E-state index in [0.29, 0.717) is 35.8 Å². The van der Waals surface area contributed by atoms with Crippen molar-refractivity contribution in [1.82, 2.24) is 19.9 Å². The van der Waals surface area contributed by atoms with Crippen LogP contribution < -0.4 is 25.2 Å². The third kappa shape index (κ3) is 6.73. The Morgan fingerprint density at radius 2 is 1.98 bits per heavy atom. The molecule has 0 radical (unpaired) electrons. The van der Waals surface area contributed by atoms with Crippen LogP contribution >= 0.6 is 0 Å². The first-order chi connectivity index (χ1) is 23.2. The number of amides is 3. The van der Waals surface area contributed by atoms with Crippen LogP contribution in [0.4, 0.5) is 4.39 Å². The van der Waals surface area contributed by atoms with Gasteiger partial charge in [-0.1, -0.05) is 32.4 Å². The van der Waals surface area contributed by atoms with Gasteiger partial charge in [-0.3, -0.25) is 19.1 Å². The molecule has 2 saturated carbocycles. The lowest BCUT2D eigenvalue weighted by Gasteiger charge is -2.31. The van der Waals surface area contributed by atoms with Crippen LogP contribution in [-0.4, -0.2) is 78.2 Å². The van der Waals surface area contributed by atoms with Gasteiger partial charge in [0.05, 0.1) is 36.0 Å². The van der Waals surface area contributed by atoms with Crippen molar-refractivity contribution in [1.29, 1.82) is 0 Å². The normalized spacial score (nSPS) is 31.5. The van der Waals surface area contributed by atoms with Crippen LogP contribution in [0.25, 0.3) is 10.8 Å². The van der Waals surface area contributed by atoms with Crippen LogP contribution in [0, 0.1) is 23.6 Å². The number of benzene rings is 1. The molecule has 12 nitrogen and oxygen atoms in total. The molecule has 2 aromatic rings. The zero-order valence-corrected chi connectivity index (χ0v) is 29.2. The van der Waals surface area contributed by atoms with E-state index in [2.05, 4.69) is 21.9 Å². The standard InChI is InChI=1S/C35H46FN5O7S/c1-5-21-14-20(2)8-6-7-9-22-17-35(22,33(44)40-49(45,46)34(3)12-13-34)39-30(42)27-16-24(19-41(27)32(43)29(21)37)48-31-26-15-23(36)10-11-25(26)28(47-4)18-38-31/h7,9-11,15,18,20-22,24,27,29H,5-6,8,12-14,16-17,19,37H2,1-4H3,(H,39,42)(H,40,44)/t20-,21-,22-,24-,27+,29+,35-/m1/s1. The third-order valence-electron chi connectivity index (χ3n) is 10.9. The van der Waals surface area contributed by atoms with E-state index in [1.165, 1.54) is 30.3 Å². The van der Waals surface area contributed by atoms with Crippen LogP contribution in [0.1, 0.15) is 72.1 Å². The lowest BCUT2D eigenvalue weighted by molar-refractivity contribution is -0.141. The number of nitrogens with two attached hydrogens (primary N) is 1. The molecule has 2 aliphatic carbocycles. The smallest absolute Gasteiger partial charge is 0.259 e. The Balaban J connectivity index is 1.32. The second-order valence-electron chi connectivity index (χ2n) is 14.5. The van der Waals surface area contributed by atoms with Crippen LogP contribution in [0.5, 0.6) is 11.6 Å². The summed E-state index contributed by atoms with van der Waals surface area (Å²) >= 11 is 0. The van der Waals surface area contributed by atoms with Crippen LogP contribution in [0.2, 0.25) is 0 Å². The number of allylic oxidation sites excluding steroid dienone is 1. The summed E-state index contributed by atoms with van der Waals surface area (Å²) < 4.78 is 53.4. The van der Waals surface area contributed by atoms with Gasteiger partial charge in [0.1, 0.15) is 29.3 Å². The number of halogens is 1. The number of hydrogen-bond acceptors (Lipinski definition) is 9. The van der Waals surface area contributed by atoms with E-state index < -0.39 is 68.0 Å². The van der Waals surface area contributed by atoms with E-state index in [-0.39, 0.29) is 37.1 Å². The van der Waals surface area contributed by atoms with Crippen molar-refractivity contribution in [2.45, 2.75) is 101 Å². The number of aromatic nitrogens is 1. The molecule has 0 unspecified atom stereocenters. The Morgan fingerprint density at radius 1 is 1.22 bits per heavy atom. The first-order valence-electron chi connectivity index (χ1n) is 17.1. The number of rotatable bonds is 7. The Bertz CT molecular complexity index is 1780. The van der Waals surface area contributed by atoms with E-state index >= 15 is 0 Å². The van der Waals surface area contributed by atoms with Crippen molar-refractivity contribution in [2.75, 3.05) is 13.7 Å². The van der Waals surface area contributed by atoms with Crippen LogP contribution in [0.15, 0.2) is 36.5 Å². The molecule has 4 N–H and O–H groups in total. The second kappa shape index (κ2) is 13.2. The predicted molar refractivity (Wildman–Crippen MR) is 180 cm³/mol. The number of ether oxygens (including phenoxy) is 2. The van der Waals surface area contributed by atoms with E-state index in [9.17, 15) is 27.2 Å². The molecule has 266 valence electrons. The summed E-state index contributed by atoms with van der Waals surface area (Å²) in [4.78, 5) is 47.9. The molecule has 4 aliphatic rings. The quantitative estimate of drug-likeness (QED) is 0.367. The lowest BCUT2D eigenvalue weighted by Crippen LogP contribution is -2.58. The van der Waals surface area contributed by atoms with Crippen molar-refractivity contribution >= 4 is 38.5 Å². The number of pyridine rings is 1. The van der Waals surface area contributed by atoms with Gasteiger partial charge in [-0.05, 0) is 75.5 Å². The summed E-state index contributed by atoms with van der Waals surface area (Å²) in [6.45, 7) is 5.69. The molecule has 1 aromatic carbocycles. The van der Waals surface area contributed by atoms with Crippen molar-refractivity contribution in [3.05, 3.63) is 42.4 Å². The number of methoxy groups -OCH3 is 1. The van der Waals surface area contributed by atoms with Gasteiger partial charge in [0.2, 0.25) is 27.7 Å². The van der Waals surface area contributed by atoms with E-state index in [1.54, 1.807) is 13.0 Å². The van der Waals surface area contributed by atoms with Gasteiger partial charge in [-0.15, -0.1) is 0 Å². The molecule has 1 saturated heterocycles. The zero-order chi connectivity index (χ0) is 35.3. The fraction of sp³-hybridized carbons (Fsp3) is 0.600. The molecule has 2 aliphatic heterocycles. The van der Waals surface area contributed by atoms with Gasteiger partial charge in [-0.2, -0.15) is 0 Å². The maximum atomic E-state index is 14.4. The molecular formula is C35H46FN5O7S. The molecule has 0 spiro atoms. The number of hydrogen-bond donors (Lipinski definition) is 3. The largest absolute Gasteiger partial charge is 0.494 e. The summed E-state index contributed by atoms with van der Waals surface area (Å²) in [6.07, 6.45) is 8.69. The average molecular weight is 700 g/mol. The van der Waals surface area contributed by atoms with Crippen LogP contribution in [-0.2, 0) is 24.4 Å². The van der Waals surface area contributed by atoms with Gasteiger partial charge in [0.25, 0.3) is 5.91 Å². The van der Waals surface area contributed by atoms with Gasteiger partial charge in [0.15, 0.2) is 0 Å². The van der Waals surface area contributed by atoms with E-state index in [1.807, 2.05) is 19.1 Å². The van der Waals surface area contributed by atoms with Gasteiger partial charge in [0, 0.05) is 17.7 Å². The van der Waals surface area contributed by atoms with E-state index in [0.717, 1.165) is 19.3 Å². The summed E-state index contributed by atoms with van der Waals surface area (Å²) in [7, 11) is -2.49. The van der Waals surface area contributed by atoms with Crippen molar-refractivity contribution < 1.29 is 36.7 Å². The molecular weight excluding hydrogens is 653 g/mol. The molecule has 0 bridgehead atoms. The number of sulfonamides is 1. The minimum Gasteiger partial charge on any atom is -0.494 e. The maximum Gasteiger partial charge on any atom is 0.259 e. The summed E-state index contributed by atoms with van der Waals surface area (Å²) in [5.41, 5.74) is 5.15. The Labute approximate surface area is 286 Å². The number of nitrogens with one attached hydrogen (secondary N) is 2. The topological polar surface area (TPSA) is 170 Å². The molecule has 14 heteroatoms. The average Bonchev–Trinajstić information content (AvgIpc) is 3.95. The Morgan fingerprint density at radius 3 is 2.67 bits per heavy atom. The molecule has 49 heavy (non-hydrogen) atoms. The van der Waals surface area contributed by atoms with Gasteiger partial charge < -0.3 is 25.4 Å². The molecule has 3 fully saturated rings. The predicted octanol–water partition coefficient (Wildman–Crippen LogP) is 3.33. The fourth-order valence-electron chi connectivity index (χ4n) is 7.26. The molecule has 1 aromatic heterocycles. The number of fused-ring (bicyclic) bond motifs is 3. The van der Waals surface area contributed by atoms with Gasteiger partial charge >= 0.3 is 0 Å².